The second kappa shape index (κ2) is 8.74. The van der Waals surface area contributed by atoms with Crippen LogP contribution in [-0.2, 0) is 12.0 Å². The molecule has 0 saturated carbocycles. The van der Waals surface area contributed by atoms with Crippen LogP contribution in [0.25, 0.3) is 0 Å². The number of ether oxygens (including phenoxy) is 2. The van der Waals surface area contributed by atoms with Gasteiger partial charge in [-0.15, -0.1) is 0 Å². The molecular weight excluding hydrogens is 298 g/mol. The number of rotatable bonds is 9. The highest BCUT2D eigenvalue weighted by atomic mass is 16.5. The zero-order valence-corrected chi connectivity index (χ0v) is 15.3. The summed E-state index contributed by atoms with van der Waals surface area (Å²) in [5, 5.41) is 3.39. The first-order chi connectivity index (χ1) is 11.5. The molecule has 0 bridgehead atoms. The van der Waals surface area contributed by atoms with E-state index in [9.17, 15) is 0 Å². The summed E-state index contributed by atoms with van der Waals surface area (Å²) in [6.45, 7) is 9.06. The largest absolute Gasteiger partial charge is 0.497 e. The summed E-state index contributed by atoms with van der Waals surface area (Å²) in [7, 11) is 1.68. The lowest BCUT2D eigenvalue weighted by atomic mass is 9.82. The van der Waals surface area contributed by atoms with Crippen LogP contribution in [0.3, 0.4) is 0 Å². The van der Waals surface area contributed by atoms with E-state index < -0.39 is 0 Å². The number of hydrogen-bond acceptors (Lipinski definition) is 3. The Morgan fingerprint density at radius 1 is 0.917 bits per heavy atom. The van der Waals surface area contributed by atoms with E-state index in [-0.39, 0.29) is 5.41 Å². The predicted octanol–water partition coefficient (Wildman–Crippen LogP) is 4.55. The van der Waals surface area contributed by atoms with Crippen molar-refractivity contribution in [3.05, 3.63) is 59.7 Å². The molecule has 0 aliphatic carbocycles. The van der Waals surface area contributed by atoms with Crippen molar-refractivity contribution < 1.29 is 9.47 Å². The highest BCUT2D eigenvalue weighted by Crippen LogP contribution is 2.27. The van der Waals surface area contributed by atoms with Crippen LogP contribution in [0.15, 0.2) is 48.5 Å². The predicted molar refractivity (Wildman–Crippen MR) is 100.0 cm³/mol. The Morgan fingerprint density at radius 2 is 1.54 bits per heavy atom. The summed E-state index contributed by atoms with van der Waals surface area (Å²) in [6, 6.07) is 16.6. The van der Waals surface area contributed by atoms with Crippen LogP contribution in [0, 0.1) is 0 Å². The standard InChI is InChI=1S/C21H29NO2/c1-5-21(2,3)18-8-12-20(13-9-18)24-15-14-22-16-17-6-10-19(23-4)11-7-17/h6-13,22H,5,14-16H2,1-4H3. The van der Waals surface area contributed by atoms with Gasteiger partial charge in [0.05, 0.1) is 7.11 Å². The van der Waals surface area contributed by atoms with Gasteiger partial charge in [0.1, 0.15) is 18.1 Å². The molecule has 0 radical (unpaired) electrons. The molecule has 3 nitrogen and oxygen atoms in total. The van der Waals surface area contributed by atoms with Gasteiger partial charge in [0.2, 0.25) is 0 Å². The molecule has 0 heterocycles. The maximum absolute atomic E-state index is 5.80. The Morgan fingerprint density at radius 3 is 2.12 bits per heavy atom. The molecule has 0 spiro atoms. The van der Waals surface area contributed by atoms with Crippen LogP contribution in [0.1, 0.15) is 38.3 Å². The molecule has 0 saturated heterocycles. The van der Waals surface area contributed by atoms with Crippen LogP contribution in [0.4, 0.5) is 0 Å². The molecular formula is C21H29NO2. The normalized spacial score (nSPS) is 11.3. The van der Waals surface area contributed by atoms with Crippen LogP contribution in [0.2, 0.25) is 0 Å². The minimum Gasteiger partial charge on any atom is -0.497 e. The second-order valence-corrected chi connectivity index (χ2v) is 6.64. The molecule has 0 aromatic heterocycles. The Balaban J connectivity index is 1.70. The first-order valence-electron chi connectivity index (χ1n) is 8.62. The summed E-state index contributed by atoms with van der Waals surface area (Å²) < 4.78 is 11.0. The monoisotopic (exact) mass is 327 g/mol. The van der Waals surface area contributed by atoms with E-state index in [0.717, 1.165) is 31.0 Å². The molecule has 2 aromatic carbocycles. The zero-order valence-electron chi connectivity index (χ0n) is 15.3. The fraction of sp³-hybridized carbons (Fsp3) is 0.429. The lowest BCUT2D eigenvalue weighted by Gasteiger charge is -2.23. The van der Waals surface area contributed by atoms with E-state index >= 15 is 0 Å². The summed E-state index contributed by atoms with van der Waals surface area (Å²) in [6.07, 6.45) is 1.13. The van der Waals surface area contributed by atoms with E-state index in [4.69, 9.17) is 9.47 Å². The topological polar surface area (TPSA) is 30.5 Å². The van der Waals surface area contributed by atoms with Gasteiger partial charge in [0, 0.05) is 13.1 Å². The molecule has 24 heavy (non-hydrogen) atoms. The van der Waals surface area contributed by atoms with E-state index in [0.29, 0.717) is 6.61 Å². The molecule has 3 heteroatoms. The number of nitrogens with one attached hydrogen (secondary N) is 1. The Labute approximate surface area is 146 Å². The van der Waals surface area contributed by atoms with Crippen molar-refractivity contribution in [2.75, 3.05) is 20.3 Å². The van der Waals surface area contributed by atoms with Crippen molar-refractivity contribution in [1.82, 2.24) is 5.32 Å². The van der Waals surface area contributed by atoms with Gasteiger partial charge in [-0.2, -0.15) is 0 Å². The summed E-state index contributed by atoms with van der Waals surface area (Å²) in [5.41, 5.74) is 2.82. The van der Waals surface area contributed by atoms with Crippen LogP contribution in [-0.4, -0.2) is 20.3 Å². The third kappa shape index (κ3) is 5.27. The summed E-state index contributed by atoms with van der Waals surface area (Å²) in [4.78, 5) is 0. The number of methoxy groups -OCH3 is 1. The molecule has 0 aliphatic heterocycles. The van der Waals surface area contributed by atoms with Crippen molar-refractivity contribution >= 4 is 0 Å². The summed E-state index contributed by atoms with van der Waals surface area (Å²) in [5.74, 6) is 1.81. The third-order valence-corrected chi connectivity index (χ3v) is 4.56. The average molecular weight is 327 g/mol. The molecule has 130 valence electrons. The van der Waals surface area contributed by atoms with E-state index in [1.165, 1.54) is 11.1 Å². The SMILES string of the molecule is CCC(C)(C)c1ccc(OCCNCc2ccc(OC)cc2)cc1. The molecule has 2 aromatic rings. The fourth-order valence-electron chi connectivity index (χ4n) is 2.42. The molecule has 0 unspecified atom stereocenters. The zero-order chi connectivity index (χ0) is 17.4. The molecule has 0 fully saturated rings. The maximum atomic E-state index is 5.80. The van der Waals surface area contributed by atoms with Crippen molar-refractivity contribution in [1.29, 1.82) is 0 Å². The van der Waals surface area contributed by atoms with Gasteiger partial charge < -0.3 is 14.8 Å². The van der Waals surface area contributed by atoms with E-state index in [1.807, 2.05) is 12.1 Å². The molecule has 0 atom stereocenters. The van der Waals surface area contributed by atoms with Crippen molar-refractivity contribution in [2.24, 2.45) is 0 Å². The molecule has 1 N–H and O–H groups in total. The Hall–Kier alpha value is -2.00. The quantitative estimate of drug-likeness (QED) is 0.685. The van der Waals surface area contributed by atoms with E-state index in [1.54, 1.807) is 7.11 Å². The first kappa shape index (κ1) is 18.3. The van der Waals surface area contributed by atoms with Gasteiger partial charge in [0.15, 0.2) is 0 Å². The number of benzene rings is 2. The van der Waals surface area contributed by atoms with Gasteiger partial charge >= 0.3 is 0 Å². The molecule has 0 aliphatic rings. The molecule has 2 rings (SSSR count). The van der Waals surface area contributed by atoms with E-state index in [2.05, 4.69) is 62.5 Å². The smallest absolute Gasteiger partial charge is 0.119 e. The third-order valence-electron chi connectivity index (χ3n) is 4.56. The highest BCUT2D eigenvalue weighted by molar-refractivity contribution is 5.31. The second-order valence-electron chi connectivity index (χ2n) is 6.64. The van der Waals surface area contributed by atoms with Gasteiger partial charge in [-0.1, -0.05) is 45.0 Å². The maximum Gasteiger partial charge on any atom is 0.119 e. The summed E-state index contributed by atoms with van der Waals surface area (Å²) >= 11 is 0. The minimum absolute atomic E-state index is 0.221. The van der Waals surface area contributed by atoms with Crippen LogP contribution >= 0.6 is 0 Å². The lowest BCUT2D eigenvalue weighted by molar-refractivity contribution is 0.313. The minimum atomic E-state index is 0.221. The molecule has 0 amide bonds. The fourth-order valence-corrected chi connectivity index (χ4v) is 2.42. The van der Waals surface area contributed by atoms with Crippen molar-refractivity contribution in [3.8, 4) is 11.5 Å². The Bertz CT molecular complexity index is 603. The van der Waals surface area contributed by atoms with Gasteiger partial charge in [-0.05, 0) is 47.2 Å². The van der Waals surface area contributed by atoms with Crippen molar-refractivity contribution in [3.63, 3.8) is 0 Å². The van der Waals surface area contributed by atoms with Crippen molar-refractivity contribution in [2.45, 2.75) is 39.2 Å². The van der Waals surface area contributed by atoms with Gasteiger partial charge in [0.25, 0.3) is 0 Å². The van der Waals surface area contributed by atoms with Crippen LogP contribution in [0.5, 0.6) is 11.5 Å². The van der Waals surface area contributed by atoms with Gasteiger partial charge in [-0.3, -0.25) is 0 Å². The number of hydrogen-bond donors (Lipinski definition) is 1. The Kier molecular flexibility index (Phi) is 6.68. The highest BCUT2D eigenvalue weighted by Gasteiger charge is 2.17. The van der Waals surface area contributed by atoms with Crippen LogP contribution < -0.4 is 14.8 Å². The first-order valence-corrected chi connectivity index (χ1v) is 8.62. The van der Waals surface area contributed by atoms with Gasteiger partial charge in [-0.25, -0.2) is 0 Å². The average Bonchev–Trinajstić information content (AvgIpc) is 2.62. The lowest BCUT2D eigenvalue weighted by Crippen LogP contribution is -2.20.